The van der Waals surface area contributed by atoms with Gasteiger partial charge in [0.2, 0.25) is 11.8 Å². The third kappa shape index (κ3) is 5.18. The molecule has 1 aliphatic heterocycles. The fourth-order valence-electron chi connectivity index (χ4n) is 2.70. The van der Waals surface area contributed by atoms with Gasteiger partial charge < -0.3 is 20.1 Å². The van der Waals surface area contributed by atoms with E-state index in [0.717, 1.165) is 5.56 Å². The number of ether oxygens (including phenoxy) is 2. The summed E-state index contributed by atoms with van der Waals surface area (Å²) in [7, 11) is 2.85. The standard InChI is InChI=1S/C17H23N3O5/c1-24-14-6-4-3-5-12(14)10-19-15(21)11-20-8-7-18-17(23)13(20)9-16(22)25-2/h3-6,13H,7-11H2,1-2H3,(H,18,23)(H,19,21)/t13-/m1/s1. The van der Waals surface area contributed by atoms with Crippen LogP contribution in [0, 0.1) is 0 Å². The number of piperazine rings is 1. The van der Waals surface area contributed by atoms with Crippen LogP contribution in [0.4, 0.5) is 0 Å². The van der Waals surface area contributed by atoms with Crippen molar-refractivity contribution in [2.45, 2.75) is 19.0 Å². The number of rotatable bonds is 7. The van der Waals surface area contributed by atoms with E-state index in [9.17, 15) is 14.4 Å². The zero-order valence-electron chi connectivity index (χ0n) is 14.4. The van der Waals surface area contributed by atoms with Gasteiger partial charge in [0.25, 0.3) is 0 Å². The monoisotopic (exact) mass is 349 g/mol. The van der Waals surface area contributed by atoms with Crippen molar-refractivity contribution in [2.24, 2.45) is 0 Å². The van der Waals surface area contributed by atoms with Gasteiger partial charge in [-0.2, -0.15) is 0 Å². The van der Waals surface area contributed by atoms with Crippen LogP contribution in [0.15, 0.2) is 24.3 Å². The van der Waals surface area contributed by atoms with Gasteiger partial charge in [-0.3, -0.25) is 19.3 Å². The number of nitrogens with one attached hydrogen (secondary N) is 2. The molecule has 136 valence electrons. The highest BCUT2D eigenvalue weighted by molar-refractivity contribution is 5.88. The number of carbonyl (C=O) groups excluding carboxylic acids is 3. The van der Waals surface area contributed by atoms with Crippen molar-refractivity contribution >= 4 is 17.8 Å². The fraction of sp³-hybridized carbons (Fsp3) is 0.471. The molecule has 2 rings (SSSR count). The molecule has 1 aromatic carbocycles. The summed E-state index contributed by atoms with van der Waals surface area (Å²) in [6.45, 7) is 1.29. The van der Waals surface area contributed by atoms with E-state index < -0.39 is 12.0 Å². The van der Waals surface area contributed by atoms with Crippen LogP contribution in [0.5, 0.6) is 5.75 Å². The number of hydrogen-bond donors (Lipinski definition) is 2. The Kier molecular flexibility index (Phi) is 6.76. The maximum Gasteiger partial charge on any atom is 0.307 e. The van der Waals surface area contributed by atoms with Crippen LogP contribution in [-0.2, 0) is 25.7 Å². The molecule has 1 fully saturated rings. The Balaban J connectivity index is 1.93. The number of methoxy groups -OCH3 is 2. The highest BCUT2D eigenvalue weighted by Gasteiger charge is 2.32. The predicted octanol–water partition coefficient (Wildman–Crippen LogP) is -0.325. The summed E-state index contributed by atoms with van der Waals surface area (Å²) in [5.41, 5.74) is 0.862. The number of nitrogens with zero attached hydrogens (tertiary/aromatic N) is 1. The van der Waals surface area contributed by atoms with Crippen LogP contribution >= 0.6 is 0 Å². The first-order valence-corrected chi connectivity index (χ1v) is 8.02. The van der Waals surface area contributed by atoms with Gasteiger partial charge in [-0.05, 0) is 6.07 Å². The quantitative estimate of drug-likeness (QED) is 0.655. The Morgan fingerprint density at radius 1 is 1.32 bits per heavy atom. The highest BCUT2D eigenvalue weighted by Crippen LogP contribution is 2.16. The lowest BCUT2D eigenvalue weighted by Gasteiger charge is -2.33. The molecule has 8 heteroatoms. The predicted molar refractivity (Wildman–Crippen MR) is 89.8 cm³/mol. The highest BCUT2D eigenvalue weighted by atomic mass is 16.5. The lowest BCUT2D eigenvalue weighted by atomic mass is 10.1. The van der Waals surface area contributed by atoms with Gasteiger partial charge in [0.15, 0.2) is 0 Å². The van der Waals surface area contributed by atoms with E-state index in [1.165, 1.54) is 7.11 Å². The van der Waals surface area contributed by atoms with Crippen LogP contribution < -0.4 is 15.4 Å². The summed E-state index contributed by atoms with van der Waals surface area (Å²) >= 11 is 0. The molecule has 2 amide bonds. The molecule has 0 saturated carbocycles. The average Bonchev–Trinajstić information content (AvgIpc) is 2.62. The lowest BCUT2D eigenvalue weighted by Crippen LogP contribution is -2.57. The molecule has 1 heterocycles. The first-order valence-electron chi connectivity index (χ1n) is 8.02. The Bertz CT molecular complexity index is 634. The summed E-state index contributed by atoms with van der Waals surface area (Å²) < 4.78 is 9.87. The third-order valence-corrected chi connectivity index (χ3v) is 4.04. The molecular formula is C17H23N3O5. The first-order chi connectivity index (χ1) is 12.0. The summed E-state index contributed by atoms with van der Waals surface area (Å²) in [6.07, 6.45) is -0.0812. The van der Waals surface area contributed by atoms with E-state index in [2.05, 4.69) is 15.4 Å². The molecule has 8 nitrogen and oxygen atoms in total. The Hall–Kier alpha value is -2.61. The van der Waals surface area contributed by atoms with Crippen LogP contribution in [0.1, 0.15) is 12.0 Å². The SMILES string of the molecule is COC(=O)C[C@@H]1C(=O)NCCN1CC(=O)NCc1ccccc1OC. The largest absolute Gasteiger partial charge is 0.496 e. The van der Waals surface area contributed by atoms with Crippen molar-refractivity contribution in [3.63, 3.8) is 0 Å². The summed E-state index contributed by atoms with van der Waals surface area (Å²) in [5.74, 6) is -0.283. The van der Waals surface area contributed by atoms with E-state index in [1.54, 1.807) is 12.0 Å². The maximum absolute atomic E-state index is 12.3. The number of carbonyl (C=O) groups is 3. The van der Waals surface area contributed by atoms with Gasteiger partial charge in [0.05, 0.1) is 27.2 Å². The Morgan fingerprint density at radius 2 is 2.08 bits per heavy atom. The van der Waals surface area contributed by atoms with Crippen molar-refractivity contribution < 1.29 is 23.9 Å². The molecular weight excluding hydrogens is 326 g/mol. The van der Waals surface area contributed by atoms with Crippen molar-refractivity contribution in [3.05, 3.63) is 29.8 Å². The van der Waals surface area contributed by atoms with Crippen molar-refractivity contribution in [1.82, 2.24) is 15.5 Å². The number of para-hydroxylation sites is 1. The minimum absolute atomic E-state index is 0.0320. The minimum Gasteiger partial charge on any atom is -0.496 e. The van der Waals surface area contributed by atoms with E-state index in [0.29, 0.717) is 25.4 Å². The molecule has 0 aromatic heterocycles. The third-order valence-electron chi connectivity index (χ3n) is 4.04. The topological polar surface area (TPSA) is 97.0 Å². The van der Waals surface area contributed by atoms with Crippen molar-refractivity contribution in [3.8, 4) is 5.75 Å². The summed E-state index contributed by atoms with van der Waals surface area (Å²) in [4.78, 5) is 37.4. The lowest BCUT2D eigenvalue weighted by molar-refractivity contribution is -0.146. The first kappa shape index (κ1) is 18.7. The second-order valence-electron chi connectivity index (χ2n) is 5.65. The summed E-state index contributed by atoms with van der Waals surface area (Å²) in [5, 5.41) is 5.52. The van der Waals surface area contributed by atoms with Crippen LogP contribution in [-0.4, -0.2) is 62.6 Å². The second-order valence-corrected chi connectivity index (χ2v) is 5.65. The van der Waals surface area contributed by atoms with E-state index in [4.69, 9.17) is 4.74 Å². The van der Waals surface area contributed by atoms with Crippen molar-refractivity contribution in [2.75, 3.05) is 33.9 Å². The normalized spacial score (nSPS) is 17.5. The van der Waals surface area contributed by atoms with Gasteiger partial charge in [0, 0.05) is 25.2 Å². The van der Waals surface area contributed by atoms with E-state index in [-0.39, 0.29) is 24.8 Å². The minimum atomic E-state index is -0.696. The van der Waals surface area contributed by atoms with Crippen molar-refractivity contribution in [1.29, 1.82) is 0 Å². The fourth-order valence-corrected chi connectivity index (χ4v) is 2.70. The average molecular weight is 349 g/mol. The van der Waals surface area contributed by atoms with E-state index >= 15 is 0 Å². The molecule has 0 aliphatic carbocycles. The zero-order valence-corrected chi connectivity index (χ0v) is 14.4. The molecule has 25 heavy (non-hydrogen) atoms. The molecule has 0 unspecified atom stereocenters. The zero-order chi connectivity index (χ0) is 18.2. The van der Waals surface area contributed by atoms with Gasteiger partial charge in [-0.15, -0.1) is 0 Å². The molecule has 0 spiro atoms. The smallest absolute Gasteiger partial charge is 0.307 e. The van der Waals surface area contributed by atoms with Gasteiger partial charge in [0.1, 0.15) is 11.8 Å². The Morgan fingerprint density at radius 3 is 2.80 bits per heavy atom. The number of benzene rings is 1. The van der Waals surface area contributed by atoms with Gasteiger partial charge >= 0.3 is 5.97 Å². The molecule has 1 atom stereocenters. The van der Waals surface area contributed by atoms with Crippen LogP contribution in [0.2, 0.25) is 0 Å². The molecule has 0 radical (unpaired) electrons. The van der Waals surface area contributed by atoms with Gasteiger partial charge in [-0.25, -0.2) is 0 Å². The molecule has 1 aromatic rings. The number of esters is 1. The Labute approximate surface area is 146 Å². The van der Waals surface area contributed by atoms with Gasteiger partial charge in [-0.1, -0.05) is 18.2 Å². The van der Waals surface area contributed by atoms with Crippen LogP contribution in [0.25, 0.3) is 0 Å². The molecule has 0 bridgehead atoms. The molecule has 1 saturated heterocycles. The van der Waals surface area contributed by atoms with E-state index in [1.807, 2.05) is 24.3 Å². The molecule has 1 aliphatic rings. The maximum atomic E-state index is 12.3. The summed E-state index contributed by atoms with van der Waals surface area (Å²) in [6, 6.07) is 6.72. The second kappa shape index (κ2) is 9.03. The molecule has 2 N–H and O–H groups in total. The van der Waals surface area contributed by atoms with Crippen LogP contribution in [0.3, 0.4) is 0 Å². The number of hydrogen-bond acceptors (Lipinski definition) is 6. The number of amides is 2.